The van der Waals surface area contributed by atoms with Gasteiger partial charge in [-0.2, -0.15) is 0 Å². The van der Waals surface area contributed by atoms with E-state index in [1.807, 2.05) is 70.0 Å². The van der Waals surface area contributed by atoms with E-state index in [4.69, 9.17) is 29.4 Å². The van der Waals surface area contributed by atoms with E-state index in [9.17, 15) is 24.0 Å². The van der Waals surface area contributed by atoms with E-state index in [0.717, 1.165) is 23.4 Å². The first-order chi connectivity index (χ1) is 32.5. The second-order valence-corrected chi connectivity index (χ2v) is 20.0. The number of amides is 3. The van der Waals surface area contributed by atoms with Gasteiger partial charge in [-0.05, 0) is 42.6 Å². The van der Waals surface area contributed by atoms with Crippen LogP contribution in [0.25, 0.3) is 0 Å². The smallest absolute Gasteiger partial charge is 0.226 e. The molecule has 15 nitrogen and oxygen atoms in total. The minimum Gasteiger partial charge on any atom is -0.379 e. The molecule has 3 rings (SSSR count). The average Bonchev–Trinajstić information content (AvgIpc) is 4.05. The van der Waals surface area contributed by atoms with Crippen molar-refractivity contribution in [3.05, 3.63) is 52.5 Å². The lowest BCUT2D eigenvalue weighted by molar-refractivity contribution is -0.149. The van der Waals surface area contributed by atoms with Gasteiger partial charge in [0.2, 0.25) is 17.7 Å². The molecular formula is C52H85N5O10S. The van der Waals surface area contributed by atoms with Crippen LogP contribution in [0.5, 0.6) is 0 Å². The minimum atomic E-state index is -0.732. The lowest BCUT2D eigenvalue weighted by Gasteiger charge is -2.41. The van der Waals surface area contributed by atoms with Gasteiger partial charge in [-0.25, -0.2) is 4.98 Å². The zero-order chi connectivity index (χ0) is 50.3. The highest BCUT2D eigenvalue weighted by atomic mass is 32.1. The number of ether oxygens (including phenoxy) is 5. The quantitative estimate of drug-likeness (QED) is 0.0758. The van der Waals surface area contributed by atoms with Gasteiger partial charge < -0.3 is 44.1 Å². The molecular weight excluding hydrogens is 887 g/mol. The Hall–Kier alpha value is -3.64. The highest BCUT2D eigenvalue weighted by molar-refractivity contribution is 7.09. The van der Waals surface area contributed by atoms with Crippen LogP contribution in [0.15, 0.2) is 41.9 Å². The fourth-order valence-corrected chi connectivity index (χ4v) is 10.5. The van der Waals surface area contributed by atoms with Gasteiger partial charge in [0.05, 0.1) is 87.8 Å². The van der Waals surface area contributed by atoms with E-state index in [1.165, 1.54) is 4.90 Å². The molecule has 0 unspecified atom stereocenters. The number of hydrogen-bond donors (Lipinski definition) is 1. The first-order valence-electron chi connectivity index (χ1n) is 24.8. The van der Waals surface area contributed by atoms with Crippen LogP contribution in [0.2, 0.25) is 0 Å². The van der Waals surface area contributed by atoms with Crippen LogP contribution in [0.3, 0.4) is 0 Å². The number of carbonyl (C=O) groups excluding carboxylic acids is 5. The number of rotatable bonds is 34. The summed E-state index contributed by atoms with van der Waals surface area (Å²) in [4.78, 5) is 80.4. The number of ketones is 2. The van der Waals surface area contributed by atoms with Crippen LogP contribution < -0.4 is 5.73 Å². The molecule has 1 aromatic carbocycles. The Bertz CT molecular complexity index is 1780. The summed E-state index contributed by atoms with van der Waals surface area (Å²) in [6, 6.07) is 8.61. The summed E-state index contributed by atoms with van der Waals surface area (Å²) in [6.07, 6.45) is 3.89. The monoisotopic (exact) mass is 972 g/mol. The molecule has 0 radical (unpaired) electrons. The van der Waals surface area contributed by atoms with Crippen molar-refractivity contribution in [3.8, 4) is 0 Å². The van der Waals surface area contributed by atoms with Gasteiger partial charge in [0, 0.05) is 83.6 Å². The molecule has 9 atom stereocenters. The second kappa shape index (κ2) is 30.9. The Morgan fingerprint density at radius 2 is 1.47 bits per heavy atom. The van der Waals surface area contributed by atoms with Crippen LogP contribution >= 0.6 is 11.3 Å². The molecule has 0 bridgehead atoms. The molecule has 0 saturated carbocycles. The number of Topliss-reactive ketones (excluding diaryl/α,β-unsaturated/α-hetero) is 2. The third-order valence-corrected chi connectivity index (χ3v) is 14.6. The molecule has 1 aliphatic rings. The second-order valence-electron chi connectivity index (χ2n) is 19.1. The summed E-state index contributed by atoms with van der Waals surface area (Å²) < 4.78 is 28.6. The molecule has 16 heteroatoms. The maximum Gasteiger partial charge on any atom is 0.226 e. The summed E-state index contributed by atoms with van der Waals surface area (Å²) in [6.45, 7) is 16.9. The molecule has 1 aromatic heterocycles. The maximum atomic E-state index is 14.7. The van der Waals surface area contributed by atoms with Crippen LogP contribution in [-0.2, 0) is 54.1 Å². The Morgan fingerprint density at radius 1 is 0.824 bits per heavy atom. The number of thiazole rings is 1. The molecule has 2 heterocycles. The van der Waals surface area contributed by atoms with Gasteiger partial charge in [-0.1, -0.05) is 85.2 Å². The van der Waals surface area contributed by atoms with Gasteiger partial charge in [0.1, 0.15) is 5.78 Å². The topological polar surface area (TPSA) is 180 Å². The SMILES string of the molecule is CC[C@H](C)[C@@H]([C@@H](CC(=O)N1CCC[C@H]1[C@H](OC)[C@@H](C)C(=O)C[C@@H](Cc1ccccc1)c1nccs1)OC)N(C)C(=O)[C@@H](CC(=O)[C@H](C(C)C)N(C)C(=O)CCOCCOCCOCCN)C(C)C. The van der Waals surface area contributed by atoms with Crippen LogP contribution in [0.1, 0.15) is 110 Å². The lowest BCUT2D eigenvalue weighted by Crippen LogP contribution is -2.54. The van der Waals surface area contributed by atoms with Crippen molar-refractivity contribution in [2.45, 2.75) is 136 Å². The number of likely N-dealkylation sites (N-methyl/N-ethyl adjacent to an activating group) is 2. The van der Waals surface area contributed by atoms with Gasteiger partial charge >= 0.3 is 0 Å². The first kappa shape index (κ1) is 58.7. The van der Waals surface area contributed by atoms with E-state index >= 15 is 0 Å². The number of aromatic nitrogens is 1. The number of carbonyl (C=O) groups is 5. The normalized spacial score (nSPS) is 17.6. The highest BCUT2D eigenvalue weighted by Gasteiger charge is 2.43. The third kappa shape index (κ3) is 17.6. The molecule has 2 N–H and O–H groups in total. The molecule has 0 spiro atoms. The summed E-state index contributed by atoms with van der Waals surface area (Å²) in [5.74, 6) is -2.33. The molecule has 3 amide bonds. The molecule has 1 fully saturated rings. The first-order valence-corrected chi connectivity index (χ1v) is 25.7. The van der Waals surface area contributed by atoms with Crippen molar-refractivity contribution in [1.29, 1.82) is 0 Å². The highest BCUT2D eigenvalue weighted by Crippen LogP contribution is 2.34. The largest absolute Gasteiger partial charge is 0.379 e. The summed E-state index contributed by atoms with van der Waals surface area (Å²) in [7, 11) is 6.57. The number of hydrogen-bond acceptors (Lipinski definition) is 13. The Balaban J connectivity index is 1.70. The maximum absolute atomic E-state index is 14.7. The van der Waals surface area contributed by atoms with Crippen molar-refractivity contribution in [2.24, 2.45) is 35.3 Å². The van der Waals surface area contributed by atoms with Crippen molar-refractivity contribution >= 4 is 40.6 Å². The summed E-state index contributed by atoms with van der Waals surface area (Å²) in [5, 5.41) is 2.86. The zero-order valence-corrected chi connectivity index (χ0v) is 43.9. The fraction of sp³-hybridized carbons (Fsp3) is 0.731. The number of nitrogens with two attached hydrogens (primary N) is 1. The molecule has 2 aromatic rings. The molecule has 68 heavy (non-hydrogen) atoms. The van der Waals surface area contributed by atoms with Gasteiger partial charge in [-0.15, -0.1) is 11.3 Å². The van der Waals surface area contributed by atoms with E-state index in [0.29, 0.717) is 65.4 Å². The van der Waals surface area contributed by atoms with Crippen molar-refractivity contribution < 1.29 is 47.7 Å². The minimum absolute atomic E-state index is 0.0239. The Kier molecular flexibility index (Phi) is 26.6. The molecule has 1 aliphatic heterocycles. The Labute approximate surface area is 411 Å². The van der Waals surface area contributed by atoms with Crippen LogP contribution in [0.4, 0.5) is 0 Å². The van der Waals surface area contributed by atoms with E-state index in [-0.39, 0.29) is 84.9 Å². The predicted octanol–water partition coefficient (Wildman–Crippen LogP) is 6.46. The van der Waals surface area contributed by atoms with Crippen LogP contribution in [0, 0.1) is 29.6 Å². The van der Waals surface area contributed by atoms with Gasteiger partial charge in [0.15, 0.2) is 5.78 Å². The number of nitrogens with zero attached hydrogens (tertiary/aromatic N) is 4. The van der Waals surface area contributed by atoms with Crippen molar-refractivity contribution in [2.75, 3.05) is 81.0 Å². The number of benzene rings is 1. The molecule has 384 valence electrons. The number of methoxy groups -OCH3 is 2. The molecule has 0 aliphatic carbocycles. The van der Waals surface area contributed by atoms with Crippen molar-refractivity contribution in [1.82, 2.24) is 19.7 Å². The lowest BCUT2D eigenvalue weighted by atomic mass is 9.83. The van der Waals surface area contributed by atoms with E-state index in [1.54, 1.807) is 50.7 Å². The standard InChI is InChI=1S/C52H85N5O10S/c1-12-37(6)49(56(9)52(62)41(35(2)3)33-44(59)48(36(4)5)55(8)46(60)20-24-65-26-28-67-29-27-66-25-21-53)45(63-10)34-47(61)57-23-16-19-42(57)50(64-11)38(7)43(58)32-40(51-54-22-30-68-51)31-39-17-14-13-15-18-39/h13-15,17-18,22,30,35-38,40-42,45,48-50H,12,16,19-21,23-29,31-34,53H2,1-11H3/t37-,38-,40+,41-,42-,45+,48-,49-,50+/m0/s1. The fourth-order valence-electron chi connectivity index (χ4n) is 9.71. The van der Waals surface area contributed by atoms with Gasteiger partial charge in [0.25, 0.3) is 0 Å². The summed E-state index contributed by atoms with van der Waals surface area (Å²) in [5.41, 5.74) is 6.56. The molecule has 1 saturated heterocycles. The van der Waals surface area contributed by atoms with E-state index in [2.05, 4.69) is 24.0 Å². The Morgan fingerprint density at radius 3 is 2.03 bits per heavy atom. The summed E-state index contributed by atoms with van der Waals surface area (Å²) >= 11 is 1.56. The zero-order valence-electron chi connectivity index (χ0n) is 43.1. The van der Waals surface area contributed by atoms with Crippen LogP contribution in [-0.4, -0.2) is 160 Å². The average molecular weight is 972 g/mol. The van der Waals surface area contributed by atoms with Gasteiger partial charge in [-0.3, -0.25) is 24.0 Å². The predicted molar refractivity (Wildman–Crippen MR) is 266 cm³/mol. The van der Waals surface area contributed by atoms with E-state index < -0.39 is 36.1 Å². The third-order valence-electron chi connectivity index (χ3n) is 13.7. The number of likely N-dealkylation sites (tertiary alicyclic amines) is 1. The van der Waals surface area contributed by atoms with Crippen molar-refractivity contribution in [3.63, 3.8) is 0 Å².